The molecule has 21 heavy (non-hydrogen) atoms. The lowest BCUT2D eigenvalue weighted by Crippen LogP contribution is -2.20. The van der Waals surface area contributed by atoms with Crippen LogP contribution in [-0.2, 0) is 6.42 Å². The maximum atomic E-state index is 5.46. The molecule has 0 aliphatic carbocycles. The molecule has 3 aromatic rings. The van der Waals surface area contributed by atoms with E-state index in [1.54, 1.807) is 12.4 Å². The van der Waals surface area contributed by atoms with Crippen molar-refractivity contribution in [1.29, 1.82) is 0 Å². The third-order valence-corrected chi connectivity index (χ3v) is 3.29. The molecule has 1 atom stereocenters. The molecule has 108 valence electrons. The number of aromatic nitrogens is 3. The van der Waals surface area contributed by atoms with Crippen molar-refractivity contribution in [1.82, 2.24) is 14.4 Å². The van der Waals surface area contributed by atoms with Gasteiger partial charge in [0.25, 0.3) is 0 Å². The van der Waals surface area contributed by atoms with Gasteiger partial charge in [0.1, 0.15) is 0 Å². The van der Waals surface area contributed by atoms with Crippen molar-refractivity contribution in [2.24, 2.45) is 5.84 Å². The van der Waals surface area contributed by atoms with Crippen LogP contribution in [0.3, 0.4) is 0 Å². The Bertz CT molecular complexity index is 721. The van der Waals surface area contributed by atoms with Gasteiger partial charge in [0, 0.05) is 18.4 Å². The Kier molecular flexibility index (Phi) is 3.70. The van der Waals surface area contributed by atoms with E-state index < -0.39 is 0 Å². The fourth-order valence-corrected chi connectivity index (χ4v) is 2.35. The Balaban J connectivity index is 1.82. The third-order valence-electron chi connectivity index (χ3n) is 3.29. The molecule has 0 aliphatic heterocycles. The zero-order valence-corrected chi connectivity index (χ0v) is 11.8. The van der Waals surface area contributed by atoms with Crippen LogP contribution in [0.25, 0.3) is 5.65 Å². The highest BCUT2D eigenvalue weighted by molar-refractivity contribution is 5.65. The lowest BCUT2D eigenvalue weighted by molar-refractivity contribution is 0.784. The van der Waals surface area contributed by atoms with Gasteiger partial charge < -0.3 is 15.1 Å². The van der Waals surface area contributed by atoms with Gasteiger partial charge in [-0.15, -0.1) is 0 Å². The molecule has 2 heterocycles. The molecule has 0 radical (unpaired) electrons. The molecule has 0 spiro atoms. The van der Waals surface area contributed by atoms with Crippen LogP contribution < -0.4 is 16.6 Å². The predicted molar refractivity (Wildman–Crippen MR) is 84.0 cm³/mol. The quantitative estimate of drug-likeness (QED) is 0.493. The van der Waals surface area contributed by atoms with Crippen molar-refractivity contribution in [3.63, 3.8) is 0 Å². The van der Waals surface area contributed by atoms with Gasteiger partial charge >= 0.3 is 0 Å². The molecule has 4 N–H and O–H groups in total. The highest BCUT2D eigenvalue weighted by atomic mass is 15.3. The van der Waals surface area contributed by atoms with Crippen LogP contribution in [0.4, 0.5) is 11.6 Å². The van der Waals surface area contributed by atoms with Gasteiger partial charge in [-0.1, -0.05) is 30.3 Å². The molecule has 2 aromatic heterocycles. The van der Waals surface area contributed by atoms with E-state index in [0.717, 1.165) is 17.9 Å². The first kappa shape index (κ1) is 13.4. The highest BCUT2D eigenvalue weighted by Gasteiger charge is 2.10. The second-order valence-electron chi connectivity index (χ2n) is 5.01. The van der Waals surface area contributed by atoms with E-state index in [0.29, 0.717) is 5.82 Å². The van der Waals surface area contributed by atoms with Crippen molar-refractivity contribution in [3.05, 3.63) is 54.5 Å². The molecule has 0 saturated heterocycles. The predicted octanol–water partition coefficient (Wildman–Crippen LogP) is 2.06. The Labute approximate surface area is 123 Å². The number of nitrogen functional groups attached to an aromatic ring is 1. The van der Waals surface area contributed by atoms with Crippen molar-refractivity contribution in [2.75, 3.05) is 10.7 Å². The maximum absolute atomic E-state index is 5.46. The number of hydrazine groups is 1. The summed E-state index contributed by atoms with van der Waals surface area (Å²) in [6.45, 7) is 2.12. The standard InChI is InChI=1S/C15H18N6/c1-11(9-12-5-3-2-4-6-12)18-14-15-17-7-8-21(15)10-13(19-14)20-16/h2-8,10-11,20H,9,16H2,1H3,(H,18,19). The Morgan fingerprint density at radius 3 is 2.86 bits per heavy atom. The largest absolute Gasteiger partial charge is 0.364 e. The summed E-state index contributed by atoms with van der Waals surface area (Å²) in [6.07, 6.45) is 6.32. The summed E-state index contributed by atoms with van der Waals surface area (Å²) in [7, 11) is 0. The van der Waals surface area contributed by atoms with Crippen LogP contribution in [0.1, 0.15) is 12.5 Å². The van der Waals surface area contributed by atoms with Gasteiger partial charge in [-0.2, -0.15) is 0 Å². The average Bonchev–Trinajstić information content (AvgIpc) is 2.96. The summed E-state index contributed by atoms with van der Waals surface area (Å²) in [4.78, 5) is 8.77. The first-order valence-corrected chi connectivity index (χ1v) is 6.87. The van der Waals surface area contributed by atoms with Crippen LogP contribution in [0.15, 0.2) is 48.9 Å². The number of benzene rings is 1. The molecular formula is C15H18N6. The molecular weight excluding hydrogens is 264 g/mol. The molecule has 1 unspecified atom stereocenters. The van der Waals surface area contributed by atoms with Gasteiger partial charge in [0.2, 0.25) is 0 Å². The van der Waals surface area contributed by atoms with E-state index in [2.05, 4.69) is 39.8 Å². The molecule has 0 fully saturated rings. The number of nitrogens with one attached hydrogen (secondary N) is 2. The Morgan fingerprint density at radius 2 is 2.10 bits per heavy atom. The van der Waals surface area contributed by atoms with Gasteiger partial charge in [-0.05, 0) is 18.9 Å². The summed E-state index contributed by atoms with van der Waals surface area (Å²) >= 11 is 0. The molecule has 0 bridgehead atoms. The first-order valence-electron chi connectivity index (χ1n) is 6.87. The van der Waals surface area contributed by atoms with Crippen molar-refractivity contribution in [2.45, 2.75) is 19.4 Å². The third kappa shape index (κ3) is 2.95. The fraction of sp³-hybridized carbons (Fsp3) is 0.200. The first-order chi connectivity index (χ1) is 10.3. The number of nitrogens with zero attached hydrogens (tertiary/aromatic N) is 3. The van der Waals surface area contributed by atoms with Gasteiger partial charge in [-0.3, -0.25) is 0 Å². The summed E-state index contributed by atoms with van der Waals surface area (Å²) < 4.78 is 1.89. The molecule has 6 heteroatoms. The van der Waals surface area contributed by atoms with Gasteiger partial charge in [0.05, 0.1) is 6.20 Å². The van der Waals surface area contributed by atoms with Crippen LogP contribution in [-0.4, -0.2) is 20.4 Å². The minimum atomic E-state index is 0.230. The van der Waals surface area contributed by atoms with E-state index in [4.69, 9.17) is 5.84 Å². The highest BCUT2D eigenvalue weighted by Crippen LogP contribution is 2.17. The summed E-state index contributed by atoms with van der Waals surface area (Å²) in [5.74, 6) is 6.77. The van der Waals surface area contributed by atoms with E-state index >= 15 is 0 Å². The average molecular weight is 282 g/mol. The number of hydrogen-bond acceptors (Lipinski definition) is 5. The van der Waals surface area contributed by atoms with E-state index in [1.165, 1.54) is 5.56 Å². The van der Waals surface area contributed by atoms with Crippen molar-refractivity contribution in [3.8, 4) is 0 Å². The fourth-order valence-electron chi connectivity index (χ4n) is 2.35. The molecule has 3 rings (SSSR count). The summed E-state index contributed by atoms with van der Waals surface area (Å²) in [5.41, 5.74) is 4.64. The monoisotopic (exact) mass is 282 g/mol. The number of fused-ring (bicyclic) bond motifs is 1. The van der Waals surface area contributed by atoms with E-state index in [9.17, 15) is 0 Å². The van der Waals surface area contributed by atoms with E-state index in [-0.39, 0.29) is 6.04 Å². The molecule has 0 saturated carbocycles. The van der Waals surface area contributed by atoms with Gasteiger partial charge in [0.15, 0.2) is 17.3 Å². The second-order valence-corrected chi connectivity index (χ2v) is 5.01. The number of nitrogens with two attached hydrogens (primary N) is 1. The normalized spacial score (nSPS) is 12.3. The SMILES string of the molecule is CC(Cc1ccccc1)Nc1nc(NN)cn2ccnc12. The molecule has 6 nitrogen and oxygen atoms in total. The van der Waals surface area contributed by atoms with Gasteiger partial charge in [-0.25, -0.2) is 15.8 Å². The summed E-state index contributed by atoms with van der Waals surface area (Å²) in [5, 5.41) is 3.40. The second kappa shape index (κ2) is 5.80. The lowest BCUT2D eigenvalue weighted by atomic mass is 10.1. The Hall–Kier alpha value is -2.60. The number of rotatable bonds is 5. The zero-order chi connectivity index (χ0) is 14.7. The number of anilines is 2. The summed E-state index contributed by atoms with van der Waals surface area (Å²) in [6, 6.07) is 10.6. The van der Waals surface area contributed by atoms with Crippen molar-refractivity contribution >= 4 is 17.3 Å². The minimum Gasteiger partial charge on any atom is -0.364 e. The van der Waals surface area contributed by atoms with Crippen LogP contribution in [0.5, 0.6) is 0 Å². The Morgan fingerprint density at radius 1 is 1.29 bits per heavy atom. The van der Waals surface area contributed by atoms with Crippen LogP contribution in [0.2, 0.25) is 0 Å². The van der Waals surface area contributed by atoms with E-state index in [1.807, 2.05) is 28.8 Å². The number of hydrogen-bond donors (Lipinski definition) is 3. The molecule has 0 amide bonds. The van der Waals surface area contributed by atoms with Crippen molar-refractivity contribution < 1.29 is 0 Å². The molecule has 0 aliphatic rings. The smallest absolute Gasteiger partial charge is 0.180 e. The minimum absolute atomic E-state index is 0.230. The van der Waals surface area contributed by atoms with Crippen LogP contribution >= 0.6 is 0 Å². The maximum Gasteiger partial charge on any atom is 0.180 e. The zero-order valence-electron chi connectivity index (χ0n) is 11.8. The molecule has 1 aromatic carbocycles. The number of imidazole rings is 1. The van der Waals surface area contributed by atoms with Crippen LogP contribution in [0, 0.1) is 0 Å². The topological polar surface area (TPSA) is 80.3 Å². The lowest BCUT2D eigenvalue weighted by Gasteiger charge is -2.16.